The summed E-state index contributed by atoms with van der Waals surface area (Å²) < 4.78 is 17.1. The molecule has 180 valence electrons. The Morgan fingerprint density at radius 3 is 2.46 bits per heavy atom. The van der Waals surface area contributed by atoms with Gasteiger partial charge >= 0.3 is 5.97 Å². The summed E-state index contributed by atoms with van der Waals surface area (Å²) in [6, 6.07) is 12.0. The summed E-state index contributed by atoms with van der Waals surface area (Å²) in [4.78, 5) is 38.7. The van der Waals surface area contributed by atoms with Gasteiger partial charge in [0.05, 0.1) is 26.2 Å². The minimum absolute atomic E-state index is 0.0681. The third-order valence-electron chi connectivity index (χ3n) is 5.36. The van der Waals surface area contributed by atoms with Gasteiger partial charge in [-0.25, -0.2) is 9.48 Å². The summed E-state index contributed by atoms with van der Waals surface area (Å²) in [5.74, 6) is -0.0852. The van der Waals surface area contributed by atoms with Gasteiger partial charge in [-0.15, -0.1) is 11.3 Å². The van der Waals surface area contributed by atoms with Crippen LogP contribution in [-0.2, 0) is 11.8 Å². The summed E-state index contributed by atoms with van der Waals surface area (Å²) in [6.45, 7) is 1.87. The van der Waals surface area contributed by atoms with Crippen LogP contribution in [0.4, 0.5) is 5.00 Å². The third-order valence-corrected chi connectivity index (χ3v) is 6.26. The molecule has 1 N–H and O–H groups in total. The van der Waals surface area contributed by atoms with Crippen LogP contribution < -0.4 is 20.3 Å². The molecule has 2 aromatic heterocycles. The van der Waals surface area contributed by atoms with Crippen LogP contribution in [0.1, 0.15) is 27.8 Å². The first-order chi connectivity index (χ1) is 16.9. The van der Waals surface area contributed by atoms with E-state index in [-0.39, 0.29) is 23.4 Å². The highest BCUT2D eigenvalue weighted by molar-refractivity contribution is 7.15. The number of aryl methyl sites for hydroxylation is 1. The van der Waals surface area contributed by atoms with Gasteiger partial charge in [-0.05, 0) is 30.7 Å². The smallest absolute Gasteiger partial charge is 0.341 e. The molecule has 0 saturated carbocycles. The van der Waals surface area contributed by atoms with Crippen LogP contribution in [0.25, 0.3) is 21.9 Å². The Hall–Kier alpha value is -4.18. The number of esters is 1. The Kier molecular flexibility index (Phi) is 6.83. The molecule has 4 rings (SSSR count). The van der Waals surface area contributed by atoms with Gasteiger partial charge in [0.25, 0.3) is 11.5 Å². The van der Waals surface area contributed by atoms with Crippen molar-refractivity contribution in [2.75, 3.05) is 26.1 Å². The molecule has 35 heavy (non-hydrogen) atoms. The fourth-order valence-electron chi connectivity index (χ4n) is 3.70. The number of nitrogens with one attached hydrogen (secondary N) is 1. The van der Waals surface area contributed by atoms with Crippen molar-refractivity contribution in [3.8, 4) is 22.6 Å². The number of benzene rings is 2. The number of nitrogens with zero attached hydrogens (tertiary/aromatic N) is 2. The second-order valence-corrected chi connectivity index (χ2v) is 8.30. The first-order valence-corrected chi connectivity index (χ1v) is 11.6. The van der Waals surface area contributed by atoms with Crippen LogP contribution in [0.5, 0.6) is 11.5 Å². The summed E-state index contributed by atoms with van der Waals surface area (Å²) in [7, 11) is 4.55. The molecule has 2 heterocycles. The van der Waals surface area contributed by atoms with Crippen molar-refractivity contribution in [3.63, 3.8) is 0 Å². The minimum Gasteiger partial charge on any atom is -0.493 e. The van der Waals surface area contributed by atoms with E-state index in [9.17, 15) is 14.4 Å². The Labute approximate surface area is 204 Å². The van der Waals surface area contributed by atoms with Crippen molar-refractivity contribution in [3.05, 3.63) is 69.5 Å². The molecule has 9 nitrogen and oxygen atoms in total. The third kappa shape index (κ3) is 4.47. The number of thiophene rings is 1. The van der Waals surface area contributed by atoms with E-state index in [4.69, 9.17) is 14.2 Å². The second-order valence-electron chi connectivity index (χ2n) is 7.42. The van der Waals surface area contributed by atoms with Crippen molar-refractivity contribution in [1.82, 2.24) is 9.78 Å². The lowest BCUT2D eigenvalue weighted by Crippen LogP contribution is -2.25. The zero-order valence-electron chi connectivity index (χ0n) is 19.6. The van der Waals surface area contributed by atoms with Crippen molar-refractivity contribution in [2.24, 2.45) is 7.05 Å². The molecule has 1 amide bonds. The molecule has 0 unspecified atom stereocenters. The van der Waals surface area contributed by atoms with E-state index in [0.29, 0.717) is 38.4 Å². The van der Waals surface area contributed by atoms with Gasteiger partial charge in [0.1, 0.15) is 10.6 Å². The summed E-state index contributed by atoms with van der Waals surface area (Å²) in [6.07, 6.45) is 0. The maximum atomic E-state index is 13.3. The molecule has 0 atom stereocenters. The first kappa shape index (κ1) is 24.0. The van der Waals surface area contributed by atoms with Crippen LogP contribution in [0, 0.1) is 0 Å². The van der Waals surface area contributed by atoms with Gasteiger partial charge in [0, 0.05) is 23.4 Å². The van der Waals surface area contributed by atoms with Crippen molar-refractivity contribution in [1.29, 1.82) is 0 Å². The van der Waals surface area contributed by atoms with Gasteiger partial charge in [-0.1, -0.05) is 24.3 Å². The van der Waals surface area contributed by atoms with E-state index in [1.807, 2.05) is 0 Å². The number of carbonyl (C=O) groups is 2. The largest absolute Gasteiger partial charge is 0.493 e. The van der Waals surface area contributed by atoms with Crippen LogP contribution in [-0.4, -0.2) is 42.5 Å². The van der Waals surface area contributed by atoms with E-state index in [0.717, 1.165) is 4.68 Å². The van der Waals surface area contributed by atoms with E-state index in [2.05, 4.69) is 10.4 Å². The van der Waals surface area contributed by atoms with Gasteiger partial charge in [-0.3, -0.25) is 9.59 Å². The quantitative estimate of drug-likeness (QED) is 0.386. The fourth-order valence-corrected chi connectivity index (χ4v) is 4.65. The molecule has 0 spiro atoms. The summed E-state index contributed by atoms with van der Waals surface area (Å²) in [5.41, 5.74) is 1.23. The summed E-state index contributed by atoms with van der Waals surface area (Å²) in [5, 5.41) is 9.81. The van der Waals surface area contributed by atoms with E-state index in [1.54, 1.807) is 54.8 Å². The standard InChI is InChI=1S/C25H23N3O6S/c1-5-34-25(31)20-17(14-10-11-18(32-3)19(12-14)33-4)13-35-23(20)26-22(29)21-15-8-6-7-9-16(15)24(30)28(2)27-21/h6-13H,5H2,1-4H3,(H,26,29). The second kappa shape index (κ2) is 9.98. The fraction of sp³-hybridized carbons (Fsp3) is 0.200. The van der Waals surface area contributed by atoms with E-state index >= 15 is 0 Å². The number of hydrogen-bond donors (Lipinski definition) is 1. The van der Waals surface area contributed by atoms with Crippen molar-refractivity contribution >= 4 is 39.0 Å². The average Bonchev–Trinajstić information content (AvgIpc) is 3.29. The number of rotatable bonds is 7. The Bertz CT molecular complexity index is 1490. The van der Waals surface area contributed by atoms with Crippen LogP contribution in [0.15, 0.2) is 52.6 Å². The lowest BCUT2D eigenvalue weighted by Gasteiger charge is -2.12. The van der Waals surface area contributed by atoms with Crippen LogP contribution in [0.3, 0.4) is 0 Å². The predicted molar refractivity (Wildman–Crippen MR) is 134 cm³/mol. The molecule has 0 fully saturated rings. The van der Waals surface area contributed by atoms with Gasteiger partial charge in [0.15, 0.2) is 17.2 Å². The number of methoxy groups -OCH3 is 2. The number of hydrogen-bond acceptors (Lipinski definition) is 8. The molecule has 0 saturated heterocycles. The Morgan fingerprint density at radius 1 is 1.06 bits per heavy atom. The maximum absolute atomic E-state index is 13.3. The monoisotopic (exact) mass is 493 g/mol. The molecule has 2 aromatic carbocycles. The van der Waals surface area contributed by atoms with Crippen LogP contribution >= 0.6 is 11.3 Å². The van der Waals surface area contributed by atoms with Gasteiger partial charge in [0.2, 0.25) is 0 Å². The number of fused-ring (bicyclic) bond motifs is 1. The molecule has 4 aromatic rings. The van der Waals surface area contributed by atoms with E-state index < -0.39 is 11.9 Å². The Morgan fingerprint density at radius 2 is 1.77 bits per heavy atom. The molecule has 0 aliphatic heterocycles. The number of aromatic nitrogens is 2. The van der Waals surface area contributed by atoms with Crippen LogP contribution in [0.2, 0.25) is 0 Å². The molecule has 0 aliphatic carbocycles. The molecule has 0 bridgehead atoms. The van der Waals surface area contributed by atoms with E-state index in [1.165, 1.54) is 32.6 Å². The van der Waals surface area contributed by atoms with Crippen molar-refractivity contribution < 1.29 is 23.8 Å². The lowest BCUT2D eigenvalue weighted by molar-refractivity contribution is 0.0529. The number of carbonyl (C=O) groups excluding carboxylic acids is 2. The highest BCUT2D eigenvalue weighted by Crippen LogP contribution is 2.39. The van der Waals surface area contributed by atoms with Gasteiger partial charge in [-0.2, -0.15) is 5.10 Å². The highest BCUT2D eigenvalue weighted by atomic mass is 32.1. The molecular weight excluding hydrogens is 470 g/mol. The minimum atomic E-state index is -0.577. The zero-order valence-corrected chi connectivity index (χ0v) is 20.4. The van der Waals surface area contributed by atoms with Crippen molar-refractivity contribution in [2.45, 2.75) is 6.92 Å². The lowest BCUT2D eigenvalue weighted by atomic mass is 10.0. The molecule has 10 heteroatoms. The topological polar surface area (TPSA) is 109 Å². The SMILES string of the molecule is CCOC(=O)c1c(-c2ccc(OC)c(OC)c2)csc1NC(=O)c1nn(C)c(=O)c2ccccc12. The number of anilines is 1. The highest BCUT2D eigenvalue weighted by Gasteiger charge is 2.25. The van der Waals surface area contributed by atoms with Gasteiger partial charge < -0.3 is 19.5 Å². The average molecular weight is 494 g/mol. The molecule has 0 radical (unpaired) electrons. The maximum Gasteiger partial charge on any atom is 0.341 e. The Balaban J connectivity index is 1.79. The normalized spacial score (nSPS) is 10.7. The molecule has 0 aliphatic rings. The number of ether oxygens (including phenoxy) is 3. The molecular formula is C25H23N3O6S. The zero-order chi connectivity index (χ0) is 25.1. The predicted octanol–water partition coefficient (Wildman–Crippen LogP) is 4.11. The first-order valence-electron chi connectivity index (χ1n) is 10.7. The number of amides is 1. The summed E-state index contributed by atoms with van der Waals surface area (Å²) >= 11 is 1.18.